The molecule has 0 aliphatic heterocycles. The summed E-state index contributed by atoms with van der Waals surface area (Å²) in [7, 11) is 0. The molecule has 0 spiro atoms. The fourth-order valence-electron chi connectivity index (χ4n) is 1.18. The van der Waals surface area contributed by atoms with Crippen molar-refractivity contribution in [2.24, 2.45) is 0 Å². The van der Waals surface area contributed by atoms with E-state index < -0.39 is 0 Å². The van der Waals surface area contributed by atoms with Gasteiger partial charge in [0.15, 0.2) is 0 Å². The van der Waals surface area contributed by atoms with E-state index in [1.807, 2.05) is 32.1 Å². The van der Waals surface area contributed by atoms with Crippen molar-refractivity contribution in [2.75, 3.05) is 0 Å². The minimum absolute atomic E-state index is 0.298. The number of phenols is 1. The Bertz CT molecular complexity index is 331. The zero-order valence-electron chi connectivity index (χ0n) is 8.04. The minimum atomic E-state index is 0.298. The normalized spacial score (nSPS) is 11.4. The van der Waals surface area contributed by atoms with Crippen LogP contribution < -0.4 is 0 Å². The van der Waals surface area contributed by atoms with Crippen LogP contribution in [0.15, 0.2) is 42.5 Å². The first kappa shape index (κ1) is 9.59. The first-order valence-electron chi connectivity index (χ1n) is 4.23. The first-order valence-corrected chi connectivity index (χ1v) is 4.23. The molecule has 1 N–H and O–H groups in total. The van der Waals surface area contributed by atoms with E-state index in [-0.39, 0.29) is 0 Å². The lowest BCUT2D eigenvalue weighted by atomic mass is 10.1. The Hall–Kier alpha value is -1.50. The molecule has 1 aromatic rings. The van der Waals surface area contributed by atoms with E-state index in [4.69, 9.17) is 5.11 Å². The van der Waals surface area contributed by atoms with Gasteiger partial charge in [0.1, 0.15) is 5.75 Å². The summed E-state index contributed by atoms with van der Waals surface area (Å²) in [5.41, 5.74) is 3.30. The van der Waals surface area contributed by atoms with Crippen molar-refractivity contribution in [3.05, 3.63) is 48.1 Å². The molecule has 0 saturated heterocycles. The Morgan fingerprint density at radius 1 is 1.23 bits per heavy atom. The SMILES string of the molecule is C=C(C)/C=C(/C)c1ccc(O)cc1. The third-order valence-electron chi connectivity index (χ3n) is 1.79. The van der Waals surface area contributed by atoms with Crippen LogP contribution in [0.3, 0.4) is 0 Å². The van der Waals surface area contributed by atoms with Crippen LogP contribution >= 0.6 is 0 Å². The zero-order chi connectivity index (χ0) is 9.84. The molecule has 1 nitrogen and oxygen atoms in total. The van der Waals surface area contributed by atoms with Crippen LogP contribution in [0.4, 0.5) is 0 Å². The molecular formula is C12H14O. The second kappa shape index (κ2) is 3.94. The molecule has 0 radical (unpaired) electrons. The van der Waals surface area contributed by atoms with E-state index in [2.05, 4.69) is 6.58 Å². The lowest BCUT2D eigenvalue weighted by Crippen LogP contribution is -1.78. The van der Waals surface area contributed by atoms with Crippen molar-refractivity contribution in [3.8, 4) is 5.75 Å². The molecule has 0 saturated carbocycles. The Morgan fingerprint density at radius 2 is 1.77 bits per heavy atom. The predicted molar refractivity (Wildman–Crippen MR) is 56.6 cm³/mol. The van der Waals surface area contributed by atoms with E-state index in [1.54, 1.807) is 12.1 Å². The van der Waals surface area contributed by atoms with Crippen LogP contribution in [0.2, 0.25) is 0 Å². The van der Waals surface area contributed by atoms with E-state index >= 15 is 0 Å². The lowest BCUT2D eigenvalue weighted by molar-refractivity contribution is 0.475. The number of aromatic hydroxyl groups is 1. The minimum Gasteiger partial charge on any atom is -0.508 e. The molecule has 0 heterocycles. The predicted octanol–water partition coefficient (Wildman–Crippen LogP) is 3.37. The third-order valence-corrected chi connectivity index (χ3v) is 1.79. The van der Waals surface area contributed by atoms with Gasteiger partial charge >= 0.3 is 0 Å². The second-order valence-electron chi connectivity index (χ2n) is 3.22. The monoisotopic (exact) mass is 174 g/mol. The molecule has 0 aliphatic carbocycles. The van der Waals surface area contributed by atoms with Crippen LogP contribution in [0.25, 0.3) is 5.57 Å². The van der Waals surface area contributed by atoms with Crippen LogP contribution in [0, 0.1) is 0 Å². The van der Waals surface area contributed by atoms with Gasteiger partial charge in [-0.3, -0.25) is 0 Å². The molecule has 1 heteroatoms. The molecule has 0 fully saturated rings. The van der Waals surface area contributed by atoms with Gasteiger partial charge in [-0.25, -0.2) is 0 Å². The standard InChI is InChI=1S/C12H14O/c1-9(2)8-10(3)11-4-6-12(13)7-5-11/h4-8,13H,1H2,2-3H3/b10-8-. The zero-order valence-corrected chi connectivity index (χ0v) is 8.04. The number of allylic oxidation sites excluding steroid dienone is 3. The highest BCUT2D eigenvalue weighted by atomic mass is 16.3. The van der Waals surface area contributed by atoms with Crippen molar-refractivity contribution in [1.29, 1.82) is 0 Å². The highest BCUT2D eigenvalue weighted by Crippen LogP contribution is 2.18. The maximum Gasteiger partial charge on any atom is 0.115 e. The molecule has 0 unspecified atom stereocenters. The average Bonchev–Trinajstić information content (AvgIpc) is 2.04. The molecule has 1 rings (SSSR count). The molecule has 13 heavy (non-hydrogen) atoms. The second-order valence-corrected chi connectivity index (χ2v) is 3.22. The smallest absolute Gasteiger partial charge is 0.115 e. The maximum absolute atomic E-state index is 9.08. The van der Waals surface area contributed by atoms with Crippen LogP contribution in [-0.2, 0) is 0 Å². The summed E-state index contributed by atoms with van der Waals surface area (Å²) in [6, 6.07) is 7.16. The molecule has 0 amide bonds. The highest BCUT2D eigenvalue weighted by Gasteiger charge is 1.94. The Balaban J connectivity index is 2.96. The van der Waals surface area contributed by atoms with Crippen LogP contribution in [0.1, 0.15) is 19.4 Å². The molecular weight excluding hydrogens is 160 g/mol. The van der Waals surface area contributed by atoms with Crippen molar-refractivity contribution in [2.45, 2.75) is 13.8 Å². The van der Waals surface area contributed by atoms with Gasteiger partial charge in [0.05, 0.1) is 0 Å². The molecule has 1 aromatic carbocycles. The fraction of sp³-hybridized carbons (Fsp3) is 0.167. The summed E-state index contributed by atoms with van der Waals surface area (Å²) in [6.07, 6.45) is 2.02. The van der Waals surface area contributed by atoms with Crippen LogP contribution in [0.5, 0.6) is 5.75 Å². The van der Waals surface area contributed by atoms with Gasteiger partial charge < -0.3 is 5.11 Å². The van der Waals surface area contributed by atoms with Crippen LogP contribution in [-0.4, -0.2) is 5.11 Å². The van der Waals surface area contributed by atoms with Gasteiger partial charge in [-0.05, 0) is 37.1 Å². The largest absolute Gasteiger partial charge is 0.508 e. The van der Waals surface area contributed by atoms with Gasteiger partial charge in [-0.15, -0.1) is 0 Å². The van der Waals surface area contributed by atoms with E-state index in [9.17, 15) is 0 Å². The number of hydrogen-bond donors (Lipinski definition) is 1. The highest BCUT2D eigenvalue weighted by molar-refractivity contribution is 5.66. The molecule has 0 atom stereocenters. The number of phenolic OH excluding ortho intramolecular Hbond substituents is 1. The summed E-state index contributed by atoms with van der Waals surface area (Å²) in [6.45, 7) is 7.80. The molecule has 0 aliphatic rings. The Morgan fingerprint density at radius 3 is 2.23 bits per heavy atom. The van der Waals surface area contributed by atoms with E-state index in [0.717, 1.165) is 16.7 Å². The summed E-state index contributed by atoms with van der Waals surface area (Å²) >= 11 is 0. The summed E-state index contributed by atoms with van der Waals surface area (Å²) < 4.78 is 0. The van der Waals surface area contributed by atoms with E-state index in [0.29, 0.717) is 5.75 Å². The van der Waals surface area contributed by atoms with Gasteiger partial charge in [0, 0.05) is 0 Å². The van der Waals surface area contributed by atoms with E-state index in [1.165, 1.54) is 0 Å². The number of rotatable bonds is 2. The van der Waals surface area contributed by atoms with Crippen molar-refractivity contribution < 1.29 is 5.11 Å². The quantitative estimate of drug-likeness (QED) is 0.681. The van der Waals surface area contributed by atoms with Crippen molar-refractivity contribution >= 4 is 5.57 Å². The Kier molecular flexibility index (Phi) is 2.91. The van der Waals surface area contributed by atoms with Gasteiger partial charge in [0.25, 0.3) is 0 Å². The Labute approximate surface area is 79.0 Å². The number of hydrogen-bond acceptors (Lipinski definition) is 1. The summed E-state index contributed by atoms with van der Waals surface area (Å²) in [5, 5.41) is 9.08. The summed E-state index contributed by atoms with van der Waals surface area (Å²) in [4.78, 5) is 0. The maximum atomic E-state index is 9.08. The lowest BCUT2D eigenvalue weighted by Gasteiger charge is -2.01. The van der Waals surface area contributed by atoms with Gasteiger partial charge in [0.2, 0.25) is 0 Å². The molecule has 0 aromatic heterocycles. The van der Waals surface area contributed by atoms with Crippen molar-refractivity contribution in [3.63, 3.8) is 0 Å². The molecule has 0 bridgehead atoms. The first-order chi connectivity index (χ1) is 6.09. The average molecular weight is 174 g/mol. The molecule has 68 valence electrons. The number of benzene rings is 1. The fourth-order valence-corrected chi connectivity index (χ4v) is 1.18. The van der Waals surface area contributed by atoms with Gasteiger partial charge in [-0.1, -0.05) is 30.4 Å². The summed E-state index contributed by atoms with van der Waals surface area (Å²) in [5.74, 6) is 0.298. The van der Waals surface area contributed by atoms with Crippen molar-refractivity contribution in [1.82, 2.24) is 0 Å². The third kappa shape index (κ3) is 2.79. The van der Waals surface area contributed by atoms with Gasteiger partial charge in [-0.2, -0.15) is 0 Å². The topological polar surface area (TPSA) is 20.2 Å².